The van der Waals surface area contributed by atoms with Crippen molar-refractivity contribution in [3.8, 4) is 0 Å². The van der Waals surface area contributed by atoms with Crippen LogP contribution in [0, 0.1) is 0 Å². The number of carboxylic acids is 1. The number of aliphatic carboxylic acids is 1. The maximum absolute atomic E-state index is 13.3. The van der Waals surface area contributed by atoms with Crippen molar-refractivity contribution in [3.05, 3.63) is 29.2 Å². The second kappa shape index (κ2) is 6.89. The van der Waals surface area contributed by atoms with Crippen LogP contribution < -0.4 is 10.3 Å². The topological polar surface area (TPSA) is 90.8 Å². The lowest BCUT2D eigenvalue weighted by Gasteiger charge is -2.19. The Morgan fingerprint density at radius 3 is 2.72 bits per heavy atom. The normalized spacial score (nSPS) is 20.2. The smallest absolute Gasteiger partial charge is 0.334 e. The predicted octanol–water partition coefficient (Wildman–Crippen LogP) is 0.627. The third kappa shape index (κ3) is 4.02. The molecule has 0 spiro atoms. The van der Waals surface area contributed by atoms with Crippen molar-refractivity contribution in [2.45, 2.75) is 18.9 Å². The van der Waals surface area contributed by atoms with Crippen molar-refractivity contribution >= 4 is 11.9 Å². The number of carbonyl (C=O) groups is 1. The molecule has 1 aromatic heterocycles. The van der Waals surface area contributed by atoms with Crippen LogP contribution in [0.2, 0.25) is 0 Å². The highest BCUT2D eigenvalue weighted by Gasteiger charge is 2.39. The molecular formula is C15H19F2N5O3. The fraction of sp³-hybridized carbons (Fsp3) is 0.533. The van der Waals surface area contributed by atoms with Crippen LogP contribution in [0.25, 0.3) is 0 Å². The quantitative estimate of drug-likeness (QED) is 0.768. The molecule has 2 aliphatic rings. The molecule has 3 rings (SSSR count). The Hall–Kier alpha value is -2.33. The van der Waals surface area contributed by atoms with Crippen molar-refractivity contribution in [2.75, 3.05) is 38.3 Å². The molecule has 3 heterocycles. The number of carboxylic acid groups (broad SMARTS) is 1. The molecule has 1 saturated heterocycles. The molecule has 0 atom stereocenters. The number of nitrogens with zero attached hydrogens (tertiary/aromatic N) is 4. The minimum Gasteiger partial charge on any atom is -0.478 e. The Morgan fingerprint density at radius 2 is 2.16 bits per heavy atom. The molecule has 2 aliphatic heterocycles. The number of hydrogen-bond donors (Lipinski definition) is 2. The third-order valence-electron chi connectivity index (χ3n) is 4.07. The van der Waals surface area contributed by atoms with Crippen LogP contribution in [0.1, 0.15) is 12.0 Å². The summed E-state index contributed by atoms with van der Waals surface area (Å²) < 4.78 is 31.5. The molecule has 1 fully saturated rings. The number of nitrogens with one attached hydrogen (secondary N) is 1. The number of aromatic nitrogens is 2. The highest BCUT2D eigenvalue weighted by atomic mass is 19.3. The van der Waals surface area contributed by atoms with E-state index in [4.69, 9.17) is 4.74 Å². The molecule has 8 nitrogen and oxygen atoms in total. The lowest BCUT2D eigenvalue weighted by molar-refractivity contribution is -0.132. The van der Waals surface area contributed by atoms with Gasteiger partial charge in [0.2, 0.25) is 5.95 Å². The van der Waals surface area contributed by atoms with E-state index in [0.717, 1.165) is 5.56 Å². The van der Waals surface area contributed by atoms with E-state index < -0.39 is 11.9 Å². The summed E-state index contributed by atoms with van der Waals surface area (Å²) in [5.41, 5.74) is 4.49. The van der Waals surface area contributed by atoms with Crippen LogP contribution in [0.4, 0.5) is 14.7 Å². The first-order chi connectivity index (χ1) is 11.9. The van der Waals surface area contributed by atoms with Crippen LogP contribution >= 0.6 is 0 Å². The van der Waals surface area contributed by atoms with E-state index in [1.165, 1.54) is 12.0 Å². The first kappa shape index (κ1) is 17.5. The molecule has 0 bridgehead atoms. The Labute approximate surface area is 143 Å². The summed E-state index contributed by atoms with van der Waals surface area (Å²) >= 11 is 0. The van der Waals surface area contributed by atoms with Gasteiger partial charge in [0.1, 0.15) is 0 Å². The van der Waals surface area contributed by atoms with Gasteiger partial charge in [0.05, 0.1) is 31.0 Å². The maximum Gasteiger partial charge on any atom is 0.334 e. The Kier molecular flexibility index (Phi) is 4.82. The van der Waals surface area contributed by atoms with Gasteiger partial charge in [0.25, 0.3) is 5.92 Å². The average Bonchev–Trinajstić information content (AvgIpc) is 3.12. The number of hydrazine groups is 1. The van der Waals surface area contributed by atoms with Gasteiger partial charge >= 0.3 is 5.97 Å². The zero-order chi connectivity index (χ0) is 18.0. The summed E-state index contributed by atoms with van der Waals surface area (Å²) in [4.78, 5) is 21.0. The standard InChI is InChI=1S/C15H19F2N5O3/c1-25-8-12-11(13(23)24)7-22(20-12)6-10-4-18-14(19-5-10)21-3-2-15(16,17)9-21/h4-5,20H,2-3,6-9H2,1H3,(H,23,24). The van der Waals surface area contributed by atoms with Crippen LogP contribution in [0.3, 0.4) is 0 Å². The highest BCUT2D eigenvalue weighted by molar-refractivity contribution is 5.88. The molecular weight excluding hydrogens is 336 g/mol. The molecule has 0 saturated carbocycles. The number of halogens is 2. The van der Waals surface area contributed by atoms with Gasteiger partial charge in [-0.1, -0.05) is 0 Å². The van der Waals surface area contributed by atoms with Crippen molar-refractivity contribution in [1.29, 1.82) is 0 Å². The molecule has 0 radical (unpaired) electrons. The Balaban J connectivity index is 1.60. The number of ether oxygens (including phenoxy) is 1. The van der Waals surface area contributed by atoms with Gasteiger partial charge in [-0.25, -0.2) is 28.6 Å². The Morgan fingerprint density at radius 1 is 1.44 bits per heavy atom. The zero-order valence-corrected chi connectivity index (χ0v) is 13.7. The first-order valence-electron chi connectivity index (χ1n) is 7.77. The van der Waals surface area contributed by atoms with Crippen LogP contribution in [-0.2, 0) is 16.1 Å². The van der Waals surface area contributed by atoms with Gasteiger partial charge in [-0.05, 0) is 0 Å². The first-order valence-corrected chi connectivity index (χ1v) is 7.77. The minimum absolute atomic E-state index is 0.177. The molecule has 136 valence electrons. The van der Waals surface area contributed by atoms with Crippen LogP contribution in [0.5, 0.6) is 0 Å². The predicted molar refractivity (Wildman–Crippen MR) is 83.9 cm³/mol. The summed E-state index contributed by atoms with van der Waals surface area (Å²) in [6.45, 7) is 0.629. The van der Waals surface area contributed by atoms with Gasteiger partial charge in [0, 0.05) is 44.6 Å². The van der Waals surface area contributed by atoms with Crippen molar-refractivity contribution in [3.63, 3.8) is 0 Å². The molecule has 0 unspecified atom stereocenters. The van der Waals surface area contributed by atoms with E-state index in [-0.39, 0.29) is 44.2 Å². The number of methoxy groups -OCH3 is 1. The van der Waals surface area contributed by atoms with Gasteiger partial charge in [0.15, 0.2) is 0 Å². The van der Waals surface area contributed by atoms with E-state index in [2.05, 4.69) is 15.4 Å². The third-order valence-corrected chi connectivity index (χ3v) is 4.07. The molecule has 0 amide bonds. The fourth-order valence-corrected chi connectivity index (χ4v) is 2.86. The molecule has 25 heavy (non-hydrogen) atoms. The van der Waals surface area contributed by atoms with Gasteiger partial charge < -0.3 is 20.2 Å². The van der Waals surface area contributed by atoms with E-state index >= 15 is 0 Å². The molecule has 10 heteroatoms. The highest BCUT2D eigenvalue weighted by Crippen LogP contribution is 2.28. The number of alkyl halides is 2. The molecule has 0 aromatic carbocycles. The van der Waals surface area contributed by atoms with E-state index in [1.54, 1.807) is 17.4 Å². The summed E-state index contributed by atoms with van der Waals surface area (Å²) in [6, 6.07) is 0. The molecule has 2 N–H and O–H groups in total. The number of hydrogen-bond acceptors (Lipinski definition) is 7. The summed E-state index contributed by atoms with van der Waals surface area (Å²) in [5.74, 6) is -3.42. The lowest BCUT2D eigenvalue weighted by Crippen LogP contribution is -2.32. The van der Waals surface area contributed by atoms with Gasteiger partial charge in [-0.15, -0.1) is 0 Å². The molecule has 1 aromatic rings. The SMILES string of the molecule is COCC1=C(C(=O)O)CN(Cc2cnc(N3CCC(F)(F)C3)nc2)N1. The lowest BCUT2D eigenvalue weighted by atomic mass is 10.2. The minimum atomic E-state index is -2.70. The second-order valence-corrected chi connectivity index (χ2v) is 6.08. The van der Waals surface area contributed by atoms with E-state index in [1.807, 2.05) is 0 Å². The second-order valence-electron chi connectivity index (χ2n) is 6.08. The Bertz CT molecular complexity index is 680. The van der Waals surface area contributed by atoms with Crippen molar-refractivity contribution in [1.82, 2.24) is 20.4 Å². The van der Waals surface area contributed by atoms with Crippen molar-refractivity contribution < 1.29 is 23.4 Å². The van der Waals surface area contributed by atoms with Gasteiger partial charge in [-0.3, -0.25) is 0 Å². The zero-order valence-electron chi connectivity index (χ0n) is 13.7. The van der Waals surface area contributed by atoms with Gasteiger partial charge in [-0.2, -0.15) is 0 Å². The largest absolute Gasteiger partial charge is 0.478 e. The fourth-order valence-electron chi connectivity index (χ4n) is 2.86. The van der Waals surface area contributed by atoms with E-state index in [0.29, 0.717) is 12.2 Å². The van der Waals surface area contributed by atoms with E-state index in [9.17, 15) is 18.7 Å². The summed E-state index contributed by atoms with van der Waals surface area (Å²) in [7, 11) is 1.49. The van der Waals surface area contributed by atoms with Crippen LogP contribution in [0.15, 0.2) is 23.7 Å². The maximum atomic E-state index is 13.3. The summed E-state index contributed by atoms with van der Waals surface area (Å²) in [6.07, 6.45) is 2.94. The molecule has 0 aliphatic carbocycles. The monoisotopic (exact) mass is 355 g/mol. The number of rotatable bonds is 6. The van der Waals surface area contributed by atoms with Crippen molar-refractivity contribution in [2.24, 2.45) is 0 Å². The van der Waals surface area contributed by atoms with Crippen LogP contribution in [-0.4, -0.2) is 65.3 Å². The number of anilines is 1. The average molecular weight is 355 g/mol. The summed E-state index contributed by atoms with van der Waals surface area (Å²) in [5, 5.41) is 10.9.